The quantitative estimate of drug-likeness (QED) is 0.703. The lowest BCUT2D eigenvalue weighted by molar-refractivity contribution is 0.321. The maximum atomic E-state index is 5.79. The van der Waals surface area contributed by atoms with Crippen molar-refractivity contribution in [3.05, 3.63) is 47.0 Å². The van der Waals surface area contributed by atoms with Gasteiger partial charge in [0.05, 0.1) is 18.7 Å². The molecule has 0 aliphatic carbocycles. The summed E-state index contributed by atoms with van der Waals surface area (Å²) in [5.41, 5.74) is 1.20. The maximum absolute atomic E-state index is 5.79. The van der Waals surface area contributed by atoms with E-state index in [0.717, 1.165) is 30.3 Å². The summed E-state index contributed by atoms with van der Waals surface area (Å²) in [6, 6.07) is 8.33. The van der Waals surface area contributed by atoms with Crippen LogP contribution in [0.5, 0.6) is 5.75 Å². The molecule has 0 radical (unpaired) electrons. The molecule has 98 valence electrons. The van der Waals surface area contributed by atoms with Crippen molar-refractivity contribution in [1.82, 2.24) is 9.55 Å². The Labute approximate surface area is 116 Å². The third kappa shape index (κ3) is 2.49. The highest BCUT2D eigenvalue weighted by molar-refractivity contribution is 7.09. The van der Waals surface area contributed by atoms with Crippen LogP contribution in [0.25, 0.3) is 10.9 Å². The third-order valence-corrected chi connectivity index (χ3v) is 3.79. The summed E-state index contributed by atoms with van der Waals surface area (Å²) in [6.07, 6.45) is 4.97. The van der Waals surface area contributed by atoms with Crippen molar-refractivity contribution in [3.8, 4) is 5.75 Å². The van der Waals surface area contributed by atoms with E-state index in [2.05, 4.69) is 34.8 Å². The molecule has 0 fully saturated rings. The second-order valence-electron chi connectivity index (χ2n) is 4.41. The molecule has 0 saturated heterocycles. The van der Waals surface area contributed by atoms with Crippen LogP contribution in [-0.2, 0) is 6.54 Å². The van der Waals surface area contributed by atoms with Crippen LogP contribution >= 0.6 is 11.3 Å². The molecule has 0 N–H and O–H groups in total. The van der Waals surface area contributed by atoms with E-state index in [1.165, 1.54) is 10.9 Å². The van der Waals surface area contributed by atoms with Crippen molar-refractivity contribution in [3.63, 3.8) is 0 Å². The van der Waals surface area contributed by atoms with Crippen LogP contribution in [0.4, 0.5) is 0 Å². The molecule has 2 heterocycles. The second-order valence-corrected chi connectivity index (χ2v) is 5.39. The number of thiazole rings is 1. The Morgan fingerprint density at radius 1 is 1.32 bits per heavy atom. The van der Waals surface area contributed by atoms with E-state index in [1.54, 1.807) is 11.3 Å². The molecule has 1 aromatic carbocycles. The number of nitrogens with zero attached hydrogens (tertiary/aromatic N) is 2. The van der Waals surface area contributed by atoms with Gasteiger partial charge in [0, 0.05) is 23.2 Å². The Morgan fingerprint density at radius 2 is 2.26 bits per heavy atom. The Morgan fingerprint density at radius 3 is 3.05 bits per heavy atom. The molecule has 3 nitrogen and oxygen atoms in total. The minimum atomic E-state index is 0.761. The zero-order chi connectivity index (χ0) is 13.1. The lowest BCUT2D eigenvalue weighted by atomic mass is 10.2. The monoisotopic (exact) mass is 272 g/mol. The van der Waals surface area contributed by atoms with Crippen molar-refractivity contribution in [1.29, 1.82) is 0 Å². The van der Waals surface area contributed by atoms with E-state index in [1.807, 2.05) is 23.7 Å². The van der Waals surface area contributed by atoms with Crippen molar-refractivity contribution in [2.45, 2.75) is 19.9 Å². The summed E-state index contributed by atoms with van der Waals surface area (Å²) < 4.78 is 8.01. The van der Waals surface area contributed by atoms with Gasteiger partial charge in [-0.1, -0.05) is 13.0 Å². The molecule has 3 aromatic rings. The number of aromatic nitrogens is 2. The van der Waals surface area contributed by atoms with Crippen LogP contribution in [0.1, 0.15) is 18.4 Å². The molecule has 0 aliphatic heterocycles. The van der Waals surface area contributed by atoms with Crippen molar-refractivity contribution >= 4 is 22.2 Å². The first-order chi connectivity index (χ1) is 9.38. The molecule has 0 unspecified atom stereocenters. The van der Waals surface area contributed by atoms with Crippen LogP contribution in [0, 0.1) is 0 Å². The topological polar surface area (TPSA) is 27.1 Å². The van der Waals surface area contributed by atoms with E-state index < -0.39 is 0 Å². The predicted molar refractivity (Wildman–Crippen MR) is 78.9 cm³/mol. The van der Waals surface area contributed by atoms with Gasteiger partial charge < -0.3 is 9.30 Å². The largest absolute Gasteiger partial charge is 0.493 e. The molecule has 0 spiro atoms. The summed E-state index contributed by atoms with van der Waals surface area (Å²) in [7, 11) is 0. The fraction of sp³-hybridized carbons (Fsp3) is 0.267. The standard InChI is InChI=1S/C15H16N2OS/c1-2-9-18-14-5-3-4-13-12(14)6-8-17(13)11-15-16-7-10-19-15/h3-8,10H,2,9,11H2,1H3. The Balaban J connectivity index is 1.94. The SMILES string of the molecule is CCCOc1cccc2c1ccn2Cc1nccs1. The highest BCUT2D eigenvalue weighted by Crippen LogP contribution is 2.27. The highest BCUT2D eigenvalue weighted by atomic mass is 32.1. The zero-order valence-electron chi connectivity index (χ0n) is 10.9. The van der Waals surface area contributed by atoms with E-state index in [4.69, 9.17) is 4.74 Å². The maximum Gasteiger partial charge on any atom is 0.128 e. The van der Waals surface area contributed by atoms with Crippen molar-refractivity contribution < 1.29 is 4.74 Å². The van der Waals surface area contributed by atoms with Crippen LogP contribution < -0.4 is 4.74 Å². The number of benzene rings is 1. The molecule has 0 amide bonds. The number of ether oxygens (including phenoxy) is 1. The Kier molecular flexibility index (Phi) is 3.51. The highest BCUT2D eigenvalue weighted by Gasteiger charge is 2.07. The van der Waals surface area contributed by atoms with Gasteiger partial charge in [-0.2, -0.15) is 0 Å². The summed E-state index contributed by atoms with van der Waals surface area (Å²) in [5, 5.41) is 4.31. The third-order valence-electron chi connectivity index (χ3n) is 3.02. The number of rotatable bonds is 5. The summed E-state index contributed by atoms with van der Waals surface area (Å²) >= 11 is 1.68. The molecule has 0 aliphatic rings. The van der Waals surface area contributed by atoms with Gasteiger partial charge in [0.15, 0.2) is 0 Å². The van der Waals surface area contributed by atoms with Gasteiger partial charge in [0.25, 0.3) is 0 Å². The Bertz CT molecular complexity index is 658. The van der Waals surface area contributed by atoms with E-state index in [-0.39, 0.29) is 0 Å². The lowest BCUT2D eigenvalue weighted by Gasteiger charge is -2.07. The first-order valence-corrected chi connectivity index (χ1v) is 7.35. The average Bonchev–Trinajstić information content (AvgIpc) is 3.07. The summed E-state index contributed by atoms with van der Waals surface area (Å²) in [4.78, 5) is 4.34. The summed E-state index contributed by atoms with van der Waals surface area (Å²) in [6.45, 7) is 3.70. The first kappa shape index (κ1) is 12.2. The van der Waals surface area contributed by atoms with Gasteiger partial charge in [-0.05, 0) is 24.6 Å². The van der Waals surface area contributed by atoms with E-state index >= 15 is 0 Å². The lowest BCUT2D eigenvalue weighted by Crippen LogP contribution is -1.98. The number of fused-ring (bicyclic) bond motifs is 1. The molecule has 0 saturated carbocycles. The van der Waals surface area contributed by atoms with Crippen LogP contribution in [0.15, 0.2) is 42.0 Å². The molecule has 2 aromatic heterocycles. The number of hydrogen-bond acceptors (Lipinski definition) is 3. The van der Waals surface area contributed by atoms with Crippen LogP contribution in [0.3, 0.4) is 0 Å². The van der Waals surface area contributed by atoms with Gasteiger partial charge in [-0.3, -0.25) is 0 Å². The summed E-state index contributed by atoms with van der Waals surface area (Å²) in [5.74, 6) is 0.970. The second kappa shape index (κ2) is 5.45. The van der Waals surface area contributed by atoms with Gasteiger partial charge >= 0.3 is 0 Å². The zero-order valence-corrected chi connectivity index (χ0v) is 11.7. The average molecular weight is 272 g/mol. The molecule has 0 atom stereocenters. The predicted octanol–water partition coefficient (Wildman–Crippen LogP) is 3.93. The fourth-order valence-corrected chi connectivity index (χ4v) is 2.76. The van der Waals surface area contributed by atoms with E-state index in [0.29, 0.717) is 0 Å². The fourth-order valence-electron chi connectivity index (χ4n) is 2.15. The molecule has 4 heteroatoms. The normalized spacial score (nSPS) is 11.0. The minimum absolute atomic E-state index is 0.761. The van der Waals surface area contributed by atoms with Crippen molar-refractivity contribution in [2.24, 2.45) is 0 Å². The molecular formula is C15H16N2OS. The molecule has 19 heavy (non-hydrogen) atoms. The first-order valence-electron chi connectivity index (χ1n) is 6.47. The minimum Gasteiger partial charge on any atom is -0.493 e. The molecular weight excluding hydrogens is 256 g/mol. The molecule has 3 rings (SSSR count). The Hall–Kier alpha value is -1.81. The number of hydrogen-bond donors (Lipinski definition) is 0. The van der Waals surface area contributed by atoms with Gasteiger partial charge in [-0.25, -0.2) is 4.98 Å². The van der Waals surface area contributed by atoms with Crippen LogP contribution in [-0.4, -0.2) is 16.2 Å². The van der Waals surface area contributed by atoms with Gasteiger partial charge in [-0.15, -0.1) is 11.3 Å². The van der Waals surface area contributed by atoms with Gasteiger partial charge in [0.1, 0.15) is 10.8 Å². The smallest absolute Gasteiger partial charge is 0.128 e. The van der Waals surface area contributed by atoms with Crippen molar-refractivity contribution in [2.75, 3.05) is 6.61 Å². The van der Waals surface area contributed by atoms with E-state index in [9.17, 15) is 0 Å². The molecule has 0 bridgehead atoms. The van der Waals surface area contributed by atoms with Crippen LogP contribution in [0.2, 0.25) is 0 Å². The van der Waals surface area contributed by atoms with Gasteiger partial charge in [0.2, 0.25) is 0 Å².